The molecule has 2 aromatic rings. The lowest BCUT2D eigenvalue weighted by Gasteiger charge is -2.09. The summed E-state index contributed by atoms with van der Waals surface area (Å²) in [4.78, 5) is 0. The van der Waals surface area contributed by atoms with Crippen molar-refractivity contribution in [3.63, 3.8) is 0 Å². The van der Waals surface area contributed by atoms with Gasteiger partial charge in [0, 0.05) is 5.56 Å². The molecule has 0 spiro atoms. The minimum absolute atomic E-state index is 0.466. The molecule has 0 saturated heterocycles. The van der Waals surface area contributed by atoms with Gasteiger partial charge in [-0.2, -0.15) is 0 Å². The predicted molar refractivity (Wildman–Crippen MR) is 66.4 cm³/mol. The molecule has 1 aromatic heterocycles. The molecule has 1 heterocycles. The Bertz CT molecular complexity index is 538. The third-order valence-electron chi connectivity index (χ3n) is 2.69. The molecule has 0 aliphatic carbocycles. The normalized spacial score (nSPS) is 10.4. The highest BCUT2D eigenvalue weighted by Gasteiger charge is 2.11. The van der Waals surface area contributed by atoms with E-state index in [1.54, 1.807) is 0 Å². The second-order valence-corrected chi connectivity index (χ2v) is 4.07. The SMILES string of the molecule is Cc1c(N)nnc(-c2ccccc2Cl)c1C. The molecule has 16 heavy (non-hydrogen) atoms. The first kappa shape index (κ1) is 10.9. The zero-order valence-electron chi connectivity index (χ0n) is 9.16. The molecule has 0 aliphatic heterocycles. The quantitative estimate of drug-likeness (QED) is 0.824. The Labute approximate surface area is 99.3 Å². The maximum Gasteiger partial charge on any atom is 0.149 e. The molecule has 0 atom stereocenters. The van der Waals surface area contributed by atoms with Gasteiger partial charge in [0.15, 0.2) is 0 Å². The number of hydrogen-bond acceptors (Lipinski definition) is 3. The Balaban J connectivity index is 2.66. The zero-order chi connectivity index (χ0) is 11.7. The van der Waals surface area contributed by atoms with Gasteiger partial charge in [-0.3, -0.25) is 0 Å². The molecule has 2 N–H and O–H groups in total. The van der Waals surface area contributed by atoms with Crippen LogP contribution in [0.25, 0.3) is 11.3 Å². The highest BCUT2D eigenvalue weighted by Crippen LogP contribution is 2.30. The largest absolute Gasteiger partial charge is 0.382 e. The smallest absolute Gasteiger partial charge is 0.149 e. The molecular formula is C12H12ClN3. The lowest BCUT2D eigenvalue weighted by molar-refractivity contribution is 1.01. The summed E-state index contributed by atoms with van der Waals surface area (Å²) in [5.74, 6) is 0.466. The van der Waals surface area contributed by atoms with Crippen LogP contribution in [-0.4, -0.2) is 10.2 Å². The van der Waals surface area contributed by atoms with Crippen LogP contribution in [0.15, 0.2) is 24.3 Å². The molecule has 0 unspecified atom stereocenters. The van der Waals surface area contributed by atoms with Crippen molar-refractivity contribution in [2.75, 3.05) is 5.73 Å². The zero-order valence-corrected chi connectivity index (χ0v) is 9.92. The van der Waals surface area contributed by atoms with Crippen molar-refractivity contribution in [2.24, 2.45) is 0 Å². The molecule has 0 aliphatic rings. The van der Waals surface area contributed by atoms with Crippen LogP contribution in [0.1, 0.15) is 11.1 Å². The van der Waals surface area contributed by atoms with E-state index in [0.717, 1.165) is 22.4 Å². The standard InChI is InChI=1S/C12H12ClN3/c1-7-8(2)12(14)16-15-11(7)9-5-3-4-6-10(9)13/h3-6H,1-2H3,(H2,14,16). The molecule has 1 aromatic carbocycles. The lowest BCUT2D eigenvalue weighted by Crippen LogP contribution is -2.02. The fourth-order valence-corrected chi connectivity index (χ4v) is 1.76. The van der Waals surface area contributed by atoms with E-state index in [-0.39, 0.29) is 0 Å². The van der Waals surface area contributed by atoms with Gasteiger partial charge < -0.3 is 5.73 Å². The van der Waals surface area contributed by atoms with Gasteiger partial charge in [-0.1, -0.05) is 29.8 Å². The number of hydrogen-bond donors (Lipinski definition) is 1. The average molecular weight is 234 g/mol. The molecule has 0 amide bonds. The molecule has 0 fully saturated rings. The fraction of sp³-hybridized carbons (Fsp3) is 0.167. The Morgan fingerprint density at radius 2 is 1.75 bits per heavy atom. The van der Waals surface area contributed by atoms with Gasteiger partial charge in [0.2, 0.25) is 0 Å². The molecular weight excluding hydrogens is 222 g/mol. The highest BCUT2D eigenvalue weighted by molar-refractivity contribution is 6.33. The summed E-state index contributed by atoms with van der Waals surface area (Å²) in [6, 6.07) is 7.57. The molecule has 2 rings (SSSR count). The maximum absolute atomic E-state index is 6.12. The van der Waals surface area contributed by atoms with Gasteiger partial charge in [-0.15, -0.1) is 10.2 Å². The summed E-state index contributed by atoms with van der Waals surface area (Å²) in [6.07, 6.45) is 0. The van der Waals surface area contributed by atoms with Crippen LogP contribution >= 0.6 is 11.6 Å². The van der Waals surface area contributed by atoms with E-state index in [1.165, 1.54) is 0 Å². The van der Waals surface area contributed by atoms with E-state index in [0.29, 0.717) is 10.8 Å². The number of nitrogens with zero attached hydrogens (tertiary/aromatic N) is 2. The van der Waals surface area contributed by atoms with Crippen molar-refractivity contribution in [1.29, 1.82) is 0 Å². The van der Waals surface area contributed by atoms with Crippen LogP contribution in [0.5, 0.6) is 0 Å². The van der Waals surface area contributed by atoms with E-state index >= 15 is 0 Å². The van der Waals surface area contributed by atoms with Crippen molar-refractivity contribution < 1.29 is 0 Å². The minimum Gasteiger partial charge on any atom is -0.382 e. The lowest BCUT2D eigenvalue weighted by atomic mass is 10.0. The molecule has 0 radical (unpaired) electrons. The summed E-state index contributed by atoms with van der Waals surface area (Å²) in [7, 11) is 0. The van der Waals surface area contributed by atoms with Crippen LogP contribution in [-0.2, 0) is 0 Å². The van der Waals surface area contributed by atoms with Crippen LogP contribution in [0.3, 0.4) is 0 Å². The Hall–Kier alpha value is -1.61. The van der Waals surface area contributed by atoms with Crippen molar-refractivity contribution in [3.05, 3.63) is 40.4 Å². The monoisotopic (exact) mass is 233 g/mol. The predicted octanol–water partition coefficient (Wildman–Crippen LogP) is 3.00. The second kappa shape index (κ2) is 4.10. The van der Waals surface area contributed by atoms with Crippen LogP contribution in [0.2, 0.25) is 5.02 Å². The number of nitrogens with two attached hydrogens (primary N) is 1. The van der Waals surface area contributed by atoms with Gasteiger partial charge >= 0.3 is 0 Å². The van der Waals surface area contributed by atoms with E-state index < -0.39 is 0 Å². The van der Waals surface area contributed by atoms with Crippen molar-refractivity contribution in [1.82, 2.24) is 10.2 Å². The fourth-order valence-electron chi connectivity index (χ4n) is 1.53. The first-order valence-electron chi connectivity index (χ1n) is 4.95. The van der Waals surface area contributed by atoms with Crippen LogP contribution in [0, 0.1) is 13.8 Å². The molecule has 0 saturated carbocycles. The topological polar surface area (TPSA) is 51.8 Å². The summed E-state index contributed by atoms with van der Waals surface area (Å²) in [5, 5.41) is 8.71. The first-order chi connectivity index (χ1) is 7.61. The van der Waals surface area contributed by atoms with E-state index in [9.17, 15) is 0 Å². The maximum atomic E-state index is 6.12. The highest BCUT2D eigenvalue weighted by atomic mass is 35.5. The third-order valence-corrected chi connectivity index (χ3v) is 3.02. The first-order valence-corrected chi connectivity index (χ1v) is 5.33. The Morgan fingerprint density at radius 3 is 2.44 bits per heavy atom. The number of nitrogen functional groups attached to an aromatic ring is 1. The van der Waals surface area contributed by atoms with E-state index in [1.807, 2.05) is 38.1 Å². The Morgan fingerprint density at radius 1 is 1.06 bits per heavy atom. The van der Waals surface area contributed by atoms with Gasteiger partial charge in [-0.05, 0) is 31.0 Å². The second-order valence-electron chi connectivity index (χ2n) is 3.66. The summed E-state index contributed by atoms with van der Waals surface area (Å²) < 4.78 is 0. The van der Waals surface area contributed by atoms with Gasteiger partial charge in [0.05, 0.1) is 10.7 Å². The van der Waals surface area contributed by atoms with Gasteiger partial charge in [0.25, 0.3) is 0 Å². The van der Waals surface area contributed by atoms with E-state index in [2.05, 4.69) is 10.2 Å². The van der Waals surface area contributed by atoms with Crippen molar-refractivity contribution in [2.45, 2.75) is 13.8 Å². The number of rotatable bonds is 1. The number of aromatic nitrogens is 2. The Kier molecular flexibility index (Phi) is 2.79. The number of benzene rings is 1. The molecule has 0 bridgehead atoms. The van der Waals surface area contributed by atoms with Crippen LogP contribution in [0.4, 0.5) is 5.82 Å². The molecule has 4 heteroatoms. The van der Waals surface area contributed by atoms with Gasteiger partial charge in [-0.25, -0.2) is 0 Å². The van der Waals surface area contributed by atoms with Gasteiger partial charge in [0.1, 0.15) is 5.82 Å². The molecule has 82 valence electrons. The summed E-state index contributed by atoms with van der Waals surface area (Å²) in [5.41, 5.74) is 9.34. The third kappa shape index (κ3) is 1.74. The average Bonchev–Trinajstić information content (AvgIpc) is 2.28. The molecule has 3 nitrogen and oxygen atoms in total. The summed E-state index contributed by atoms with van der Waals surface area (Å²) >= 11 is 6.12. The van der Waals surface area contributed by atoms with E-state index in [4.69, 9.17) is 17.3 Å². The van der Waals surface area contributed by atoms with Crippen LogP contribution < -0.4 is 5.73 Å². The number of halogens is 1. The van der Waals surface area contributed by atoms with Crippen molar-refractivity contribution in [3.8, 4) is 11.3 Å². The minimum atomic E-state index is 0.466. The summed E-state index contributed by atoms with van der Waals surface area (Å²) in [6.45, 7) is 3.90. The number of anilines is 1. The van der Waals surface area contributed by atoms with Crippen molar-refractivity contribution >= 4 is 17.4 Å².